The maximum atomic E-state index is 12.8. The summed E-state index contributed by atoms with van der Waals surface area (Å²) in [6.45, 7) is 6.24. The van der Waals surface area contributed by atoms with E-state index in [2.05, 4.69) is 20.4 Å². The molecule has 0 radical (unpaired) electrons. The number of fused-ring (bicyclic) bond motifs is 1. The highest BCUT2D eigenvalue weighted by atomic mass is 16.5. The fraction of sp³-hybridized carbons (Fsp3) is 0.579. The van der Waals surface area contributed by atoms with Crippen molar-refractivity contribution < 1.29 is 14.3 Å². The van der Waals surface area contributed by atoms with Crippen molar-refractivity contribution in [2.75, 3.05) is 59.2 Å². The first-order valence-corrected chi connectivity index (χ1v) is 9.36. The van der Waals surface area contributed by atoms with Crippen molar-refractivity contribution in [1.29, 1.82) is 0 Å². The van der Waals surface area contributed by atoms with Crippen LogP contribution in [0.2, 0.25) is 0 Å². The third-order valence-electron chi connectivity index (χ3n) is 5.17. The number of ether oxygens (including phenoxy) is 2. The van der Waals surface area contributed by atoms with E-state index in [1.807, 2.05) is 29.6 Å². The molecule has 2 aromatic heterocycles. The monoisotopic (exact) mass is 358 g/mol. The second kappa shape index (κ2) is 8.16. The summed E-state index contributed by atoms with van der Waals surface area (Å²) >= 11 is 0. The minimum atomic E-state index is 0.191. The largest absolute Gasteiger partial charge is 0.379 e. The van der Waals surface area contributed by atoms with E-state index in [9.17, 15) is 4.79 Å². The highest BCUT2D eigenvalue weighted by Crippen LogP contribution is 2.17. The predicted octanol–water partition coefficient (Wildman–Crippen LogP) is 0.684. The zero-order valence-electron chi connectivity index (χ0n) is 15.0. The molecule has 0 spiro atoms. The van der Waals surface area contributed by atoms with Crippen LogP contribution in [0.3, 0.4) is 0 Å². The van der Waals surface area contributed by atoms with Gasteiger partial charge in [-0.15, -0.1) is 0 Å². The summed E-state index contributed by atoms with van der Waals surface area (Å²) in [4.78, 5) is 21.5. The number of carbonyl (C=O) groups excluding carboxylic acids is 1. The molecule has 4 rings (SSSR count). The molecule has 1 amide bonds. The Morgan fingerprint density at radius 3 is 2.88 bits per heavy atom. The molecule has 7 heteroatoms. The summed E-state index contributed by atoms with van der Waals surface area (Å²) in [6.07, 6.45) is 6.64. The topological polar surface area (TPSA) is 59.3 Å². The Kier molecular flexibility index (Phi) is 5.48. The smallest absolute Gasteiger partial charge is 0.236 e. The van der Waals surface area contributed by atoms with Crippen LogP contribution in [-0.4, -0.2) is 84.2 Å². The summed E-state index contributed by atoms with van der Waals surface area (Å²) in [5.41, 5.74) is 2.19. The Hall–Kier alpha value is -1.96. The lowest BCUT2D eigenvalue weighted by molar-refractivity contribution is -0.133. The van der Waals surface area contributed by atoms with Gasteiger partial charge in [0.2, 0.25) is 5.91 Å². The molecule has 26 heavy (non-hydrogen) atoms. The van der Waals surface area contributed by atoms with Gasteiger partial charge in [0.15, 0.2) is 0 Å². The summed E-state index contributed by atoms with van der Waals surface area (Å²) in [7, 11) is 0. The van der Waals surface area contributed by atoms with Crippen molar-refractivity contribution in [2.24, 2.45) is 5.92 Å². The SMILES string of the molecule is O=C(CN1CCOCC1)N1CCOC[C@H](Cc2nccn3cccc23)C1. The van der Waals surface area contributed by atoms with E-state index < -0.39 is 0 Å². The fourth-order valence-corrected chi connectivity index (χ4v) is 3.74. The summed E-state index contributed by atoms with van der Waals surface area (Å²) < 4.78 is 13.2. The molecule has 0 unspecified atom stereocenters. The zero-order chi connectivity index (χ0) is 17.8. The van der Waals surface area contributed by atoms with Crippen LogP contribution in [0.25, 0.3) is 5.52 Å². The molecule has 0 aromatic carbocycles. The van der Waals surface area contributed by atoms with E-state index in [1.54, 1.807) is 0 Å². The third-order valence-corrected chi connectivity index (χ3v) is 5.17. The average Bonchev–Trinajstić information content (AvgIpc) is 3.02. The van der Waals surface area contributed by atoms with Gasteiger partial charge >= 0.3 is 0 Å². The standard InChI is InChI=1S/C19H26N4O3/c24-19(14-21-6-9-25-10-7-21)23-8-11-26-15-16(13-23)12-17-18-2-1-4-22(18)5-3-20-17/h1-5,16H,6-15H2/t16-/m1/s1. The Bertz CT molecular complexity index is 741. The van der Waals surface area contributed by atoms with Crippen molar-refractivity contribution in [3.05, 3.63) is 36.4 Å². The van der Waals surface area contributed by atoms with E-state index in [-0.39, 0.29) is 11.8 Å². The molecule has 2 aromatic rings. The molecule has 2 aliphatic rings. The van der Waals surface area contributed by atoms with Gasteiger partial charge in [-0.05, 0) is 18.6 Å². The van der Waals surface area contributed by atoms with E-state index in [0.29, 0.717) is 39.5 Å². The molecule has 2 saturated heterocycles. The summed E-state index contributed by atoms with van der Waals surface area (Å²) in [5, 5.41) is 0. The maximum absolute atomic E-state index is 12.8. The minimum Gasteiger partial charge on any atom is -0.379 e. The van der Waals surface area contributed by atoms with Crippen LogP contribution in [-0.2, 0) is 20.7 Å². The second-order valence-electron chi connectivity index (χ2n) is 7.05. The lowest BCUT2D eigenvalue weighted by Crippen LogP contribution is -2.46. The third kappa shape index (κ3) is 4.06. The molecule has 7 nitrogen and oxygen atoms in total. The van der Waals surface area contributed by atoms with Crippen LogP contribution >= 0.6 is 0 Å². The zero-order valence-corrected chi connectivity index (χ0v) is 15.0. The molecule has 0 N–H and O–H groups in total. The number of aromatic nitrogens is 2. The number of hydrogen-bond donors (Lipinski definition) is 0. The van der Waals surface area contributed by atoms with Gasteiger partial charge in [-0.3, -0.25) is 14.7 Å². The van der Waals surface area contributed by atoms with Crippen LogP contribution in [0.1, 0.15) is 5.69 Å². The highest BCUT2D eigenvalue weighted by Gasteiger charge is 2.25. The number of carbonyl (C=O) groups is 1. The number of morpholine rings is 1. The highest BCUT2D eigenvalue weighted by molar-refractivity contribution is 5.78. The molecule has 2 fully saturated rings. The van der Waals surface area contributed by atoms with Crippen LogP contribution in [0.15, 0.2) is 30.7 Å². The van der Waals surface area contributed by atoms with Crippen LogP contribution in [0, 0.1) is 5.92 Å². The average molecular weight is 358 g/mol. The van der Waals surface area contributed by atoms with Gasteiger partial charge in [-0.25, -0.2) is 0 Å². The van der Waals surface area contributed by atoms with Gasteiger partial charge in [0.1, 0.15) is 0 Å². The van der Waals surface area contributed by atoms with Gasteiger partial charge in [0, 0.05) is 50.7 Å². The summed E-state index contributed by atoms with van der Waals surface area (Å²) in [5.74, 6) is 0.455. The first-order valence-electron chi connectivity index (χ1n) is 9.36. The lowest BCUT2D eigenvalue weighted by Gasteiger charge is -2.30. The normalized spacial score (nSPS) is 22.5. The number of nitrogens with zero attached hydrogens (tertiary/aromatic N) is 4. The quantitative estimate of drug-likeness (QED) is 0.805. The van der Waals surface area contributed by atoms with E-state index in [0.717, 1.165) is 37.3 Å². The van der Waals surface area contributed by atoms with Crippen LogP contribution in [0.4, 0.5) is 0 Å². The Morgan fingerprint density at radius 2 is 2.00 bits per heavy atom. The fourth-order valence-electron chi connectivity index (χ4n) is 3.74. The van der Waals surface area contributed by atoms with Gasteiger partial charge in [0.05, 0.1) is 44.2 Å². The molecule has 0 aliphatic carbocycles. The lowest BCUT2D eigenvalue weighted by atomic mass is 10.0. The van der Waals surface area contributed by atoms with Gasteiger partial charge in [0.25, 0.3) is 0 Å². The van der Waals surface area contributed by atoms with Crippen molar-refractivity contribution in [1.82, 2.24) is 19.2 Å². The van der Waals surface area contributed by atoms with Crippen molar-refractivity contribution >= 4 is 11.4 Å². The molecule has 0 saturated carbocycles. The van der Waals surface area contributed by atoms with Gasteiger partial charge in [-0.2, -0.15) is 0 Å². The van der Waals surface area contributed by atoms with E-state index in [1.165, 1.54) is 0 Å². The molecular weight excluding hydrogens is 332 g/mol. The Morgan fingerprint density at radius 1 is 1.15 bits per heavy atom. The number of amides is 1. The molecule has 4 heterocycles. The van der Waals surface area contributed by atoms with Crippen LogP contribution < -0.4 is 0 Å². The second-order valence-corrected chi connectivity index (χ2v) is 7.05. The van der Waals surface area contributed by atoms with Crippen molar-refractivity contribution in [2.45, 2.75) is 6.42 Å². The van der Waals surface area contributed by atoms with Crippen molar-refractivity contribution in [3.8, 4) is 0 Å². The van der Waals surface area contributed by atoms with E-state index in [4.69, 9.17) is 9.47 Å². The molecule has 140 valence electrons. The van der Waals surface area contributed by atoms with Gasteiger partial charge in [-0.1, -0.05) is 0 Å². The number of rotatable bonds is 4. The first-order chi connectivity index (χ1) is 12.8. The van der Waals surface area contributed by atoms with Crippen molar-refractivity contribution in [3.63, 3.8) is 0 Å². The summed E-state index contributed by atoms with van der Waals surface area (Å²) in [6, 6.07) is 4.11. The molecule has 2 aliphatic heterocycles. The van der Waals surface area contributed by atoms with E-state index >= 15 is 0 Å². The van der Waals surface area contributed by atoms with Gasteiger partial charge < -0.3 is 18.8 Å². The molecular formula is C19H26N4O3. The minimum absolute atomic E-state index is 0.191. The van der Waals surface area contributed by atoms with Crippen LogP contribution in [0.5, 0.6) is 0 Å². The molecule has 0 bridgehead atoms. The Balaban J connectivity index is 1.40. The maximum Gasteiger partial charge on any atom is 0.236 e. The Labute approximate surface area is 153 Å². The first kappa shape index (κ1) is 17.5. The predicted molar refractivity (Wildman–Crippen MR) is 97.0 cm³/mol. The molecule has 1 atom stereocenters. The number of hydrogen-bond acceptors (Lipinski definition) is 5.